The third-order valence-electron chi connectivity index (χ3n) is 3.54. The van der Waals surface area contributed by atoms with Crippen LogP contribution in [-0.4, -0.2) is 18.3 Å². The molecule has 0 saturated heterocycles. The Bertz CT molecular complexity index is 534. The standard InChI is InChI=1S/C19H25NO2/c1-16-4-6-18(7-5-16)15-22-19-10-8-17(9-11-19)14-20-12-2-3-13-21/h4-11,20-21H,2-3,12-15H2,1H3. The Hall–Kier alpha value is -1.84. The number of aryl methyl sites for hydroxylation is 1. The van der Waals surface area contributed by atoms with Crippen molar-refractivity contribution in [3.8, 4) is 5.75 Å². The minimum Gasteiger partial charge on any atom is -0.489 e. The van der Waals surface area contributed by atoms with E-state index in [1.165, 1.54) is 16.7 Å². The monoisotopic (exact) mass is 299 g/mol. The van der Waals surface area contributed by atoms with Gasteiger partial charge in [-0.2, -0.15) is 0 Å². The molecule has 0 aliphatic heterocycles. The molecule has 22 heavy (non-hydrogen) atoms. The maximum Gasteiger partial charge on any atom is 0.119 e. The summed E-state index contributed by atoms with van der Waals surface area (Å²) in [7, 11) is 0. The first kappa shape index (κ1) is 16.5. The van der Waals surface area contributed by atoms with E-state index in [0.717, 1.165) is 31.7 Å². The molecule has 2 aromatic rings. The minimum atomic E-state index is 0.273. The van der Waals surface area contributed by atoms with Gasteiger partial charge >= 0.3 is 0 Å². The van der Waals surface area contributed by atoms with E-state index in [1.54, 1.807) is 0 Å². The highest BCUT2D eigenvalue weighted by Gasteiger charge is 1.98. The largest absolute Gasteiger partial charge is 0.489 e. The lowest BCUT2D eigenvalue weighted by atomic mass is 10.2. The average molecular weight is 299 g/mol. The van der Waals surface area contributed by atoms with Gasteiger partial charge in [-0.05, 0) is 49.6 Å². The predicted octanol–water partition coefficient (Wildman–Crippen LogP) is 3.44. The SMILES string of the molecule is Cc1ccc(COc2ccc(CNCCCCO)cc2)cc1. The van der Waals surface area contributed by atoms with E-state index in [4.69, 9.17) is 9.84 Å². The molecule has 0 aliphatic carbocycles. The highest BCUT2D eigenvalue weighted by atomic mass is 16.5. The van der Waals surface area contributed by atoms with Crippen LogP contribution in [0.4, 0.5) is 0 Å². The van der Waals surface area contributed by atoms with Gasteiger partial charge in [0.15, 0.2) is 0 Å². The first-order chi connectivity index (χ1) is 10.8. The lowest BCUT2D eigenvalue weighted by Crippen LogP contribution is -2.14. The second-order valence-electron chi connectivity index (χ2n) is 5.53. The van der Waals surface area contributed by atoms with Crippen LogP contribution in [0.5, 0.6) is 5.75 Å². The Labute approximate surface area is 133 Å². The summed E-state index contributed by atoms with van der Waals surface area (Å²) in [5.41, 5.74) is 3.69. The number of nitrogens with one attached hydrogen (secondary N) is 1. The molecule has 0 saturated carbocycles. The molecule has 3 heteroatoms. The fourth-order valence-corrected chi connectivity index (χ4v) is 2.15. The second kappa shape index (κ2) is 9.23. The van der Waals surface area contributed by atoms with Gasteiger partial charge in [-0.15, -0.1) is 0 Å². The van der Waals surface area contributed by atoms with Gasteiger partial charge in [0, 0.05) is 13.2 Å². The fourth-order valence-electron chi connectivity index (χ4n) is 2.15. The van der Waals surface area contributed by atoms with Crippen molar-refractivity contribution in [2.24, 2.45) is 0 Å². The maximum atomic E-state index is 8.72. The average Bonchev–Trinajstić information content (AvgIpc) is 2.55. The van der Waals surface area contributed by atoms with Crippen LogP contribution < -0.4 is 10.1 Å². The maximum absolute atomic E-state index is 8.72. The molecule has 0 aromatic heterocycles. The number of unbranched alkanes of at least 4 members (excludes halogenated alkanes) is 1. The predicted molar refractivity (Wildman–Crippen MR) is 90.0 cm³/mol. The van der Waals surface area contributed by atoms with Gasteiger partial charge in [-0.25, -0.2) is 0 Å². The summed E-state index contributed by atoms with van der Waals surface area (Å²) in [6.45, 7) is 4.74. The van der Waals surface area contributed by atoms with Crippen molar-refractivity contribution in [1.82, 2.24) is 5.32 Å². The molecule has 0 heterocycles. The van der Waals surface area contributed by atoms with Crippen LogP contribution in [0.3, 0.4) is 0 Å². The molecular formula is C19H25NO2. The van der Waals surface area contributed by atoms with Gasteiger partial charge < -0.3 is 15.2 Å². The summed E-state index contributed by atoms with van der Waals surface area (Å²) >= 11 is 0. The zero-order chi connectivity index (χ0) is 15.6. The van der Waals surface area contributed by atoms with Crippen molar-refractivity contribution in [1.29, 1.82) is 0 Å². The van der Waals surface area contributed by atoms with Gasteiger partial charge in [-0.3, -0.25) is 0 Å². The first-order valence-corrected chi connectivity index (χ1v) is 7.87. The summed E-state index contributed by atoms with van der Waals surface area (Å²) in [5.74, 6) is 0.893. The minimum absolute atomic E-state index is 0.273. The van der Waals surface area contributed by atoms with Crippen LogP contribution in [0.1, 0.15) is 29.5 Å². The molecule has 0 unspecified atom stereocenters. The Balaban J connectivity index is 1.73. The quantitative estimate of drug-likeness (QED) is 0.697. The Morgan fingerprint density at radius 2 is 1.59 bits per heavy atom. The number of aliphatic hydroxyl groups is 1. The number of aliphatic hydroxyl groups excluding tert-OH is 1. The van der Waals surface area contributed by atoms with Crippen LogP contribution in [0.2, 0.25) is 0 Å². The first-order valence-electron chi connectivity index (χ1n) is 7.87. The fraction of sp³-hybridized carbons (Fsp3) is 0.368. The third-order valence-corrected chi connectivity index (χ3v) is 3.54. The van der Waals surface area contributed by atoms with E-state index < -0.39 is 0 Å². The van der Waals surface area contributed by atoms with Gasteiger partial charge in [0.05, 0.1) is 0 Å². The molecule has 0 radical (unpaired) electrons. The number of benzene rings is 2. The summed E-state index contributed by atoms with van der Waals surface area (Å²) in [4.78, 5) is 0. The second-order valence-corrected chi connectivity index (χ2v) is 5.53. The Morgan fingerprint density at radius 3 is 2.27 bits per heavy atom. The van der Waals surface area contributed by atoms with E-state index in [2.05, 4.69) is 48.6 Å². The zero-order valence-electron chi connectivity index (χ0n) is 13.2. The van der Waals surface area contributed by atoms with Crippen LogP contribution in [-0.2, 0) is 13.2 Å². The molecule has 2 aromatic carbocycles. The molecule has 0 amide bonds. The molecule has 118 valence electrons. The lowest BCUT2D eigenvalue weighted by molar-refractivity contribution is 0.283. The van der Waals surface area contributed by atoms with Gasteiger partial charge in [0.2, 0.25) is 0 Å². The van der Waals surface area contributed by atoms with Crippen molar-refractivity contribution in [3.63, 3.8) is 0 Å². The Kier molecular flexibility index (Phi) is 6.94. The van der Waals surface area contributed by atoms with E-state index in [9.17, 15) is 0 Å². The van der Waals surface area contributed by atoms with Crippen molar-refractivity contribution in [3.05, 3.63) is 65.2 Å². The van der Waals surface area contributed by atoms with Gasteiger partial charge in [-0.1, -0.05) is 42.0 Å². The topological polar surface area (TPSA) is 41.5 Å². The van der Waals surface area contributed by atoms with E-state index in [0.29, 0.717) is 6.61 Å². The summed E-state index contributed by atoms with van der Waals surface area (Å²) in [6, 6.07) is 16.6. The molecule has 0 aliphatic rings. The summed E-state index contributed by atoms with van der Waals surface area (Å²) in [5, 5.41) is 12.1. The van der Waals surface area contributed by atoms with Crippen molar-refractivity contribution in [2.75, 3.05) is 13.2 Å². The molecule has 3 nitrogen and oxygen atoms in total. The van der Waals surface area contributed by atoms with Crippen LogP contribution in [0.25, 0.3) is 0 Å². The van der Waals surface area contributed by atoms with E-state index in [-0.39, 0.29) is 6.61 Å². The highest BCUT2D eigenvalue weighted by molar-refractivity contribution is 5.28. The van der Waals surface area contributed by atoms with Crippen molar-refractivity contribution >= 4 is 0 Å². The van der Waals surface area contributed by atoms with Crippen molar-refractivity contribution < 1.29 is 9.84 Å². The molecule has 0 fully saturated rings. The van der Waals surface area contributed by atoms with Crippen LogP contribution in [0.15, 0.2) is 48.5 Å². The highest BCUT2D eigenvalue weighted by Crippen LogP contribution is 2.14. The molecule has 0 atom stereocenters. The van der Waals surface area contributed by atoms with E-state index >= 15 is 0 Å². The number of hydrogen-bond acceptors (Lipinski definition) is 3. The molecule has 2 rings (SSSR count). The number of hydrogen-bond donors (Lipinski definition) is 2. The number of ether oxygens (including phenoxy) is 1. The van der Waals surface area contributed by atoms with Crippen LogP contribution >= 0.6 is 0 Å². The molecular weight excluding hydrogens is 274 g/mol. The normalized spacial score (nSPS) is 10.6. The van der Waals surface area contributed by atoms with E-state index in [1.807, 2.05) is 12.1 Å². The zero-order valence-corrected chi connectivity index (χ0v) is 13.2. The summed E-state index contributed by atoms with van der Waals surface area (Å²) < 4.78 is 5.80. The molecule has 0 spiro atoms. The third kappa shape index (κ3) is 5.88. The number of rotatable bonds is 9. The van der Waals surface area contributed by atoms with Crippen LogP contribution in [0, 0.1) is 6.92 Å². The van der Waals surface area contributed by atoms with Gasteiger partial charge in [0.25, 0.3) is 0 Å². The van der Waals surface area contributed by atoms with Crippen molar-refractivity contribution in [2.45, 2.75) is 32.9 Å². The Morgan fingerprint density at radius 1 is 0.909 bits per heavy atom. The summed E-state index contributed by atoms with van der Waals surface area (Å²) in [6.07, 6.45) is 1.87. The van der Waals surface area contributed by atoms with Gasteiger partial charge in [0.1, 0.15) is 12.4 Å². The molecule has 2 N–H and O–H groups in total. The molecule has 0 bridgehead atoms. The lowest BCUT2D eigenvalue weighted by Gasteiger charge is -2.08. The smallest absolute Gasteiger partial charge is 0.119 e.